The van der Waals surface area contributed by atoms with Crippen molar-refractivity contribution >= 4 is 17.7 Å². The van der Waals surface area contributed by atoms with E-state index in [0.717, 1.165) is 5.56 Å². The van der Waals surface area contributed by atoms with E-state index in [0.29, 0.717) is 23.4 Å². The minimum Gasteiger partial charge on any atom is -0.467 e. The van der Waals surface area contributed by atoms with Crippen molar-refractivity contribution in [2.45, 2.75) is 19.4 Å². The van der Waals surface area contributed by atoms with Gasteiger partial charge in [0.1, 0.15) is 5.75 Å². The lowest BCUT2D eigenvalue weighted by atomic mass is 10.0. The maximum atomic E-state index is 12.1. The summed E-state index contributed by atoms with van der Waals surface area (Å²) in [4.78, 5) is 22.8. The molecule has 0 aromatic heterocycles. The molecule has 0 saturated carbocycles. The predicted molar refractivity (Wildman–Crippen MR) is 100 cm³/mol. The second-order valence-electron chi connectivity index (χ2n) is 6.28. The topological polar surface area (TPSA) is 90.7 Å². The highest BCUT2D eigenvalue weighted by Crippen LogP contribution is 2.33. The number of rotatable bonds is 6. The first-order chi connectivity index (χ1) is 13.0. The van der Waals surface area contributed by atoms with Gasteiger partial charge in [0.05, 0.1) is 11.5 Å². The van der Waals surface area contributed by atoms with Crippen molar-refractivity contribution in [1.82, 2.24) is 5.32 Å². The van der Waals surface area contributed by atoms with Crippen LogP contribution in [0.1, 0.15) is 29.5 Å². The largest absolute Gasteiger partial charge is 0.467 e. The predicted octanol–water partition coefficient (Wildman–Crippen LogP) is 3.39. The first-order valence-corrected chi connectivity index (χ1v) is 8.57. The van der Waals surface area contributed by atoms with Crippen LogP contribution in [-0.2, 0) is 16.1 Å². The molecule has 1 atom stereocenters. The molecular formula is C20H20N2O5. The van der Waals surface area contributed by atoms with Crippen molar-refractivity contribution in [1.29, 1.82) is 0 Å². The van der Waals surface area contributed by atoms with E-state index in [1.807, 2.05) is 37.3 Å². The molecule has 1 amide bonds. The van der Waals surface area contributed by atoms with Gasteiger partial charge >= 0.3 is 0 Å². The van der Waals surface area contributed by atoms with Crippen LogP contribution >= 0.6 is 0 Å². The second kappa shape index (κ2) is 8.46. The Labute approximate surface area is 156 Å². The van der Waals surface area contributed by atoms with Gasteiger partial charge in [-0.1, -0.05) is 37.3 Å². The molecular weight excluding hydrogens is 348 g/mol. The fourth-order valence-corrected chi connectivity index (χ4v) is 2.84. The van der Waals surface area contributed by atoms with Gasteiger partial charge in [-0.25, -0.2) is 0 Å². The molecule has 140 valence electrons. The molecule has 27 heavy (non-hydrogen) atoms. The highest BCUT2D eigenvalue weighted by molar-refractivity contribution is 5.92. The lowest BCUT2D eigenvalue weighted by Crippen LogP contribution is -2.25. The van der Waals surface area contributed by atoms with Crippen LogP contribution in [0.2, 0.25) is 0 Å². The molecule has 1 N–H and O–H groups in total. The SMILES string of the molecule is C[C@H](CNC(=O)/C=C/c1cc([N+](=O)[O-])cc2c1OCOC2)c1ccccc1. The quantitative estimate of drug-likeness (QED) is 0.479. The van der Waals surface area contributed by atoms with Crippen molar-refractivity contribution in [3.63, 3.8) is 0 Å². The summed E-state index contributed by atoms with van der Waals surface area (Å²) in [5.74, 6) is 0.410. The van der Waals surface area contributed by atoms with Gasteiger partial charge in [0.25, 0.3) is 5.69 Å². The minimum absolute atomic E-state index is 0.0689. The van der Waals surface area contributed by atoms with Crippen LogP contribution in [0.5, 0.6) is 5.75 Å². The van der Waals surface area contributed by atoms with E-state index >= 15 is 0 Å². The monoisotopic (exact) mass is 368 g/mol. The first kappa shape index (κ1) is 18.6. The molecule has 0 radical (unpaired) electrons. The maximum Gasteiger partial charge on any atom is 0.270 e. The molecule has 7 heteroatoms. The summed E-state index contributed by atoms with van der Waals surface area (Å²) in [6, 6.07) is 12.7. The highest BCUT2D eigenvalue weighted by atomic mass is 16.7. The van der Waals surface area contributed by atoms with E-state index in [1.165, 1.54) is 24.3 Å². The summed E-state index contributed by atoms with van der Waals surface area (Å²) in [6.07, 6.45) is 2.88. The molecule has 0 spiro atoms. The number of nitro groups is 1. The van der Waals surface area contributed by atoms with Crippen molar-refractivity contribution in [3.8, 4) is 5.75 Å². The second-order valence-corrected chi connectivity index (χ2v) is 6.28. The number of carbonyl (C=O) groups excluding carboxylic acids is 1. The van der Waals surface area contributed by atoms with Gasteiger partial charge in [-0.15, -0.1) is 0 Å². The summed E-state index contributed by atoms with van der Waals surface area (Å²) < 4.78 is 10.6. The van der Waals surface area contributed by atoms with E-state index in [9.17, 15) is 14.9 Å². The van der Waals surface area contributed by atoms with Crippen molar-refractivity contribution in [2.24, 2.45) is 0 Å². The molecule has 3 rings (SSSR count). The molecule has 1 heterocycles. The van der Waals surface area contributed by atoms with Gasteiger partial charge in [0.15, 0.2) is 6.79 Å². The lowest BCUT2D eigenvalue weighted by Gasteiger charge is -2.19. The molecule has 0 saturated heterocycles. The molecule has 2 aromatic rings. The Hall–Kier alpha value is -3.19. The Kier molecular flexibility index (Phi) is 5.83. The van der Waals surface area contributed by atoms with Gasteiger partial charge in [-0.3, -0.25) is 14.9 Å². The average molecular weight is 368 g/mol. The maximum absolute atomic E-state index is 12.1. The standard InChI is InChI=1S/C20H20N2O5/c1-14(15-5-3-2-4-6-15)11-21-19(23)8-7-16-9-18(22(24)25)10-17-12-26-13-27-20(16)17/h2-10,14H,11-13H2,1H3,(H,21,23)/b8-7+/t14-/m1/s1. The number of nitrogens with one attached hydrogen (secondary N) is 1. The Morgan fingerprint density at radius 1 is 1.33 bits per heavy atom. The Bertz CT molecular complexity index is 864. The van der Waals surface area contributed by atoms with Crippen LogP contribution in [-0.4, -0.2) is 24.2 Å². The number of fused-ring (bicyclic) bond motifs is 1. The molecule has 1 aliphatic heterocycles. The fraction of sp³-hybridized carbons (Fsp3) is 0.250. The van der Waals surface area contributed by atoms with Crippen molar-refractivity contribution < 1.29 is 19.2 Å². The first-order valence-electron chi connectivity index (χ1n) is 8.57. The number of nitro benzene ring substituents is 1. The summed E-state index contributed by atoms with van der Waals surface area (Å²) in [6.45, 7) is 2.83. The third kappa shape index (κ3) is 4.71. The molecule has 0 unspecified atom stereocenters. The number of carbonyl (C=O) groups is 1. The number of benzene rings is 2. The smallest absolute Gasteiger partial charge is 0.270 e. The molecule has 7 nitrogen and oxygen atoms in total. The van der Waals surface area contributed by atoms with E-state index in [-0.39, 0.29) is 30.9 Å². The number of nitrogens with zero attached hydrogens (tertiary/aromatic N) is 1. The summed E-state index contributed by atoms with van der Waals surface area (Å²) >= 11 is 0. The number of hydrogen-bond acceptors (Lipinski definition) is 5. The van der Waals surface area contributed by atoms with Crippen molar-refractivity contribution in [3.05, 3.63) is 75.3 Å². The van der Waals surface area contributed by atoms with Crippen LogP contribution in [0.15, 0.2) is 48.5 Å². The van der Waals surface area contributed by atoms with Crippen LogP contribution in [0, 0.1) is 10.1 Å². The third-order valence-electron chi connectivity index (χ3n) is 4.30. The van der Waals surface area contributed by atoms with Crippen LogP contribution in [0.25, 0.3) is 6.08 Å². The molecule has 0 aliphatic carbocycles. The Morgan fingerprint density at radius 3 is 2.85 bits per heavy atom. The summed E-state index contributed by atoms with van der Waals surface area (Å²) in [7, 11) is 0. The van der Waals surface area contributed by atoms with Crippen LogP contribution in [0.3, 0.4) is 0 Å². The van der Waals surface area contributed by atoms with Crippen LogP contribution < -0.4 is 10.1 Å². The van der Waals surface area contributed by atoms with Gasteiger partial charge in [0.2, 0.25) is 5.91 Å². The molecule has 0 bridgehead atoms. The van der Waals surface area contributed by atoms with Gasteiger partial charge in [0, 0.05) is 35.9 Å². The fourth-order valence-electron chi connectivity index (χ4n) is 2.84. The number of amides is 1. The van der Waals surface area contributed by atoms with E-state index in [2.05, 4.69) is 5.32 Å². The Morgan fingerprint density at radius 2 is 2.11 bits per heavy atom. The zero-order valence-electron chi connectivity index (χ0n) is 14.9. The molecule has 0 fully saturated rings. The zero-order chi connectivity index (χ0) is 19.2. The minimum atomic E-state index is -0.478. The summed E-state index contributed by atoms with van der Waals surface area (Å²) in [5.41, 5.74) is 2.14. The molecule has 1 aliphatic rings. The number of hydrogen-bond donors (Lipinski definition) is 1. The lowest BCUT2D eigenvalue weighted by molar-refractivity contribution is -0.385. The number of non-ortho nitro benzene ring substituents is 1. The Balaban J connectivity index is 1.69. The van der Waals surface area contributed by atoms with Gasteiger partial charge in [-0.05, 0) is 17.6 Å². The normalized spacial score (nSPS) is 14.3. The average Bonchev–Trinajstić information content (AvgIpc) is 2.70. The van der Waals surface area contributed by atoms with E-state index < -0.39 is 4.92 Å². The van der Waals surface area contributed by atoms with Gasteiger partial charge in [-0.2, -0.15) is 0 Å². The van der Waals surface area contributed by atoms with Crippen molar-refractivity contribution in [2.75, 3.05) is 13.3 Å². The summed E-state index contributed by atoms with van der Waals surface area (Å²) in [5, 5.41) is 14.0. The van der Waals surface area contributed by atoms with E-state index in [4.69, 9.17) is 9.47 Å². The highest BCUT2D eigenvalue weighted by Gasteiger charge is 2.19. The third-order valence-corrected chi connectivity index (χ3v) is 4.30. The zero-order valence-corrected chi connectivity index (χ0v) is 14.9. The van der Waals surface area contributed by atoms with Crippen LogP contribution in [0.4, 0.5) is 5.69 Å². The van der Waals surface area contributed by atoms with Gasteiger partial charge < -0.3 is 14.8 Å². The van der Waals surface area contributed by atoms with E-state index in [1.54, 1.807) is 0 Å². The molecule has 2 aromatic carbocycles. The number of ether oxygens (including phenoxy) is 2.